The molecule has 12 heteroatoms. The minimum Gasteiger partial charge on any atom is -0.346 e. The summed E-state index contributed by atoms with van der Waals surface area (Å²) in [4.78, 5) is 6.60. The van der Waals surface area contributed by atoms with Gasteiger partial charge in [-0.05, 0) is 54.8 Å². The van der Waals surface area contributed by atoms with Crippen LogP contribution in [0.2, 0.25) is 0 Å². The zero-order valence-electron chi connectivity index (χ0n) is 18.5. The van der Waals surface area contributed by atoms with Crippen LogP contribution in [0.4, 0.5) is 22.7 Å². The maximum absolute atomic E-state index is 13.1. The summed E-state index contributed by atoms with van der Waals surface area (Å²) in [6, 6.07) is 9.88. The zero-order chi connectivity index (χ0) is 24.8. The van der Waals surface area contributed by atoms with Crippen LogP contribution < -0.4 is 4.90 Å². The number of nitrogens with zero attached hydrogens (tertiary/aromatic N) is 4. The topological polar surface area (TPSA) is 66.4 Å². The SMILES string of the molecule is O=S(=O)(c1ccc(C(F)(F)F)cc1)N1CCC2(CC1)CN(c1nc(Cc3ccc(F)cc3)ns1)C2. The Morgan fingerprint density at radius 1 is 0.971 bits per heavy atom. The van der Waals surface area contributed by atoms with Gasteiger partial charge in [-0.1, -0.05) is 12.1 Å². The molecule has 0 aliphatic carbocycles. The molecule has 2 saturated heterocycles. The van der Waals surface area contributed by atoms with Crippen LogP contribution in [0.25, 0.3) is 0 Å². The molecule has 2 fully saturated rings. The first-order chi connectivity index (χ1) is 16.5. The second kappa shape index (κ2) is 8.82. The van der Waals surface area contributed by atoms with E-state index in [2.05, 4.69) is 14.3 Å². The normalized spacial score (nSPS) is 18.6. The predicted octanol–water partition coefficient (Wildman–Crippen LogP) is 4.58. The van der Waals surface area contributed by atoms with Crippen LogP contribution in [0, 0.1) is 11.2 Å². The molecule has 5 rings (SSSR count). The van der Waals surface area contributed by atoms with Crippen LogP contribution in [0.3, 0.4) is 0 Å². The molecule has 0 amide bonds. The molecule has 35 heavy (non-hydrogen) atoms. The minimum atomic E-state index is -4.51. The van der Waals surface area contributed by atoms with Crippen molar-refractivity contribution in [3.63, 3.8) is 0 Å². The predicted molar refractivity (Wildman–Crippen MR) is 123 cm³/mol. The molecule has 0 N–H and O–H groups in total. The third-order valence-electron chi connectivity index (χ3n) is 6.66. The molecule has 1 aromatic heterocycles. The van der Waals surface area contributed by atoms with Gasteiger partial charge in [-0.25, -0.2) is 17.8 Å². The highest BCUT2D eigenvalue weighted by atomic mass is 32.2. The van der Waals surface area contributed by atoms with Gasteiger partial charge in [0.25, 0.3) is 0 Å². The summed E-state index contributed by atoms with van der Waals surface area (Å²) in [6.45, 7) is 2.16. The molecule has 0 bridgehead atoms. The van der Waals surface area contributed by atoms with E-state index in [-0.39, 0.29) is 16.1 Å². The van der Waals surface area contributed by atoms with Crippen molar-refractivity contribution in [2.24, 2.45) is 5.41 Å². The Morgan fingerprint density at radius 3 is 2.20 bits per heavy atom. The lowest BCUT2D eigenvalue weighted by Gasteiger charge is -2.53. The van der Waals surface area contributed by atoms with Gasteiger partial charge in [-0.3, -0.25) is 0 Å². The van der Waals surface area contributed by atoms with Crippen LogP contribution in [-0.4, -0.2) is 48.3 Å². The molecule has 0 atom stereocenters. The first kappa shape index (κ1) is 24.1. The number of hydrogen-bond donors (Lipinski definition) is 0. The maximum atomic E-state index is 13.1. The number of anilines is 1. The average Bonchev–Trinajstić information content (AvgIpc) is 3.26. The van der Waals surface area contributed by atoms with Gasteiger partial charge in [-0.15, -0.1) is 0 Å². The lowest BCUT2D eigenvalue weighted by Crippen LogP contribution is -2.61. The highest BCUT2D eigenvalue weighted by Gasteiger charge is 2.47. The van der Waals surface area contributed by atoms with Crippen molar-refractivity contribution in [2.75, 3.05) is 31.1 Å². The van der Waals surface area contributed by atoms with E-state index in [1.807, 2.05) is 0 Å². The summed E-state index contributed by atoms with van der Waals surface area (Å²) in [5, 5.41) is 0.813. The van der Waals surface area contributed by atoms with Gasteiger partial charge in [-0.2, -0.15) is 21.9 Å². The lowest BCUT2D eigenvalue weighted by molar-refractivity contribution is -0.137. The zero-order valence-corrected chi connectivity index (χ0v) is 20.1. The molecule has 0 radical (unpaired) electrons. The van der Waals surface area contributed by atoms with Gasteiger partial charge in [0.15, 0.2) is 0 Å². The number of rotatable bonds is 5. The fraction of sp³-hybridized carbons (Fsp3) is 0.391. The Bertz CT molecular complexity index is 1290. The summed E-state index contributed by atoms with van der Waals surface area (Å²) in [5.74, 6) is 0.389. The first-order valence-electron chi connectivity index (χ1n) is 11.0. The summed E-state index contributed by atoms with van der Waals surface area (Å²) in [6.07, 6.45) is -2.65. The van der Waals surface area contributed by atoms with Crippen molar-refractivity contribution in [1.82, 2.24) is 13.7 Å². The van der Waals surface area contributed by atoms with E-state index in [0.29, 0.717) is 38.2 Å². The van der Waals surface area contributed by atoms with E-state index in [1.165, 1.54) is 28.0 Å². The molecule has 2 aliphatic heterocycles. The van der Waals surface area contributed by atoms with Crippen molar-refractivity contribution in [2.45, 2.75) is 30.3 Å². The quantitative estimate of drug-likeness (QED) is 0.456. The monoisotopic (exact) mass is 526 g/mol. The van der Waals surface area contributed by atoms with Gasteiger partial charge in [0.2, 0.25) is 15.2 Å². The Balaban J connectivity index is 1.16. The van der Waals surface area contributed by atoms with Crippen LogP contribution in [0.5, 0.6) is 0 Å². The fourth-order valence-corrected chi connectivity index (χ4v) is 6.74. The van der Waals surface area contributed by atoms with Crippen molar-refractivity contribution in [3.8, 4) is 0 Å². The smallest absolute Gasteiger partial charge is 0.346 e. The number of hydrogen-bond acceptors (Lipinski definition) is 6. The summed E-state index contributed by atoms with van der Waals surface area (Å²) in [5.41, 5.74) is 0.0492. The Labute approximate surface area is 204 Å². The van der Waals surface area contributed by atoms with E-state index in [9.17, 15) is 26.0 Å². The number of halogens is 4. The molecule has 2 aromatic carbocycles. The summed E-state index contributed by atoms with van der Waals surface area (Å²) < 4.78 is 83.0. The molecule has 186 valence electrons. The lowest BCUT2D eigenvalue weighted by atomic mass is 9.73. The number of sulfonamides is 1. The number of aromatic nitrogens is 2. The first-order valence-corrected chi connectivity index (χ1v) is 13.2. The molecule has 0 saturated carbocycles. The summed E-state index contributed by atoms with van der Waals surface area (Å²) >= 11 is 1.31. The van der Waals surface area contributed by atoms with Crippen LogP contribution in [0.1, 0.15) is 29.8 Å². The molecule has 6 nitrogen and oxygen atoms in total. The van der Waals surface area contributed by atoms with Crippen molar-refractivity contribution in [1.29, 1.82) is 0 Å². The second-order valence-electron chi connectivity index (χ2n) is 9.08. The van der Waals surface area contributed by atoms with E-state index in [4.69, 9.17) is 0 Å². The Morgan fingerprint density at radius 2 is 1.60 bits per heavy atom. The standard InChI is InChI=1S/C23H22F4N4O2S2/c24-18-5-1-16(2-6-18)13-20-28-21(34-29-20)30-14-22(15-30)9-11-31(12-10-22)35(32,33)19-7-3-17(4-8-19)23(25,26)27/h1-8H,9-15H2. The second-order valence-corrected chi connectivity index (χ2v) is 11.7. The van der Waals surface area contributed by atoms with Gasteiger partial charge in [0.05, 0.1) is 10.5 Å². The Hall–Kier alpha value is -2.57. The molecule has 0 unspecified atom stereocenters. The van der Waals surface area contributed by atoms with Gasteiger partial charge in [0, 0.05) is 49.5 Å². The number of alkyl halides is 3. The van der Waals surface area contributed by atoms with E-state index < -0.39 is 21.8 Å². The van der Waals surface area contributed by atoms with Crippen molar-refractivity contribution >= 4 is 26.7 Å². The van der Waals surface area contributed by atoms with E-state index in [1.54, 1.807) is 12.1 Å². The maximum Gasteiger partial charge on any atom is 0.416 e. The Kier molecular flexibility index (Phi) is 6.09. The van der Waals surface area contributed by atoms with Gasteiger partial charge < -0.3 is 4.90 Å². The number of benzene rings is 2. The van der Waals surface area contributed by atoms with Crippen molar-refractivity contribution in [3.05, 3.63) is 71.3 Å². The minimum absolute atomic E-state index is 0.00501. The third kappa shape index (κ3) is 4.91. The highest BCUT2D eigenvalue weighted by Crippen LogP contribution is 2.44. The molecular weight excluding hydrogens is 504 g/mol. The molecule has 1 spiro atoms. The highest BCUT2D eigenvalue weighted by molar-refractivity contribution is 7.89. The van der Waals surface area contributed by atoms with Crippen LogP contribution >= 0.6 is 11.5 Å². The van der Waals surface area contributed by atoms with E-state index >= 15 is 0 Å². The van der Waals surface area contributed by atoms with Crippen LogP contribution in [0.15, 0.2) is 53.4 Å². The molecular formula is C23H22F4N4O2S2. The van der Waals surface area contributed by atoms with Crippen LogP contribution in [-0.2, 0) is 22.6 Å². The largest absolute Gasteiger partial charge is 0.416 e. The van der Waals surface area contributed by atoms with E-state index in [0.717, 1.165) is 48.0 Å². The third-order valence-corrected chi connectivity index (χ3v) is 9.39. The molecule has 3 heterocycles. The van der Waals surface area contributed by atoms with Gasteiger partial charge in [0.1, 0.15) is 11.6 Å². The van der Waals surface area contributed by atoms with Crippen molar-refractivity contribution < 1.29 is 26.0 Å². The van der Waals surface area contributed by atoms with Gasteiger partial charge >= 0.3 is 6.18 Å². The number of piperidine rings is 1. The molecule has 2 aliphatic rings. The summed E-state index contributed by atoms with van der Waals surface area (Å²) in [7, 11) is -3.84. The fourth-order valence-electron chi connectivity index (χ4n) is 4.61. The molecule has 3 aromatic rings. The average molecular weight is 527 g/mol.